The van der Waals surface area contributed by atoms with Crippen molar-refractivity contribution in [3.8, 4) is 0 Å². The zero-order valence-corrected chi connectivity index (χ0v) is 9.12. The van der Waals surface area contributed by atoms with Gasteiger partial charge in [0.2, 0.25) is 0 Å². The van der Waals surface area contributed by atoms with E-state index < -0.39 is 6.10 Å². The van der Waals surface area contributed by atoms with Crippen molar-refractivity contribution in [3.05, 3.63) is 34.9 Å². The number of aryl methyl sites for hydroxylation is 2. The Hall–Kier alpha value is -0.860. The maximum atomic E-state index is 9.92. The predicted molar refractivity (Wildman–Crippen MR) is 59.1 cm³/mol. The SMILES string of the molecule is Cc1ccc(C)c(C(O)CC(C)N)c1. The highest BCUT2D eigenvalue weighted by Crippen LogP contribution is 2.22. The van der Waals surface area contributed by atoms with Gasteiger partial charge in [-0.25, -0.2) is 0 Å². The lowest BCUT2D eigenvalue weighted by Gasteiger charge is -2.16. The summed E-state index contributed by atoms with van der Waals surface area (Å²) in [4.78, 5) is 0. The zero-order valence-electron chi connectivity index (χ0n) is 9.12. The Morgan fingerprint density at radius 3 is 2.57 bits per heavy atom. The Labute approximate surface area is 85.8 Å². The van der Waals surface area contributed by atoms with Gasteiger partial charge in [-0.1, -0.05) is 23.8 Å². The first-order chi connectivity index (χ1) is 6.50. The molecule has 1 rings (SSSR count). The molecule has 2 heteroatoms. The lowest BCUT2D eigenvalue weighted by molar-refractivity contribution is 0.159. The first-order valence-electron chi connectivity index (χ1n) is 5.01. The molecule has 2 atom stereocenters. The molecular formula is C12H19NO. The third-order valence-electron chi connectivity index (χ3n) is 2.39. The second-order valence-corrected chi connectivity index (χ2v) is 4.09. The van der Waals surface area contributed by atoms with Crippen molar-refractivity contribution in [2.45, 2.75) is 39.3 Å². The van der Waals surface area contributed by atoms with E-state index in [0.717, 1.165) is 11.1 Å². The van der Waals surface area contributed by atoms with Crippen LogP contribution in [0.15, 0.2) is 18.2 Å². The van der Waals surface area contributed by atoms with Crippen LogP contribution in [0.1, 0.15) is 36.1 Å². The first kappa shape index (κ1) is 11.2. The Kier molecular flexibility index (Phi) is 3.67. The lowest BCUT2D eigenvalue weighted by Crippen LogP contribution is -2.19. The minimum absolute atomic E-state index is 0.0323. The monoisotopic (exact) mass is 193 g/mol. The summed E-state index contributed by atoms with van der Waals surface area (Å²) in [5.41, 5.74) is 8.96. The van der Waals surface area contributed by atoms with Crippen molar-refractivity contribution in [1.29, 1.82) is 0 Å². The molecular weight excluding hydrogens is 174 g/mol. The number of nitrogens with two attached hydrogens (primary N) is 1. The van der Waals surface area contributed by atoms with Crippen LogP contribution in [0, 0.1) is 13.8 Å². The molecule has 0 saturated carbocycles. The third kappa shape index (κ3) is 2.82. The smallest absolute Gasteiger partial charge is 0.0807 e. The quantitative estimate of drug-likeness (QED) is 0.772. The average molecular weight is 193 g/mol. The van der Waals surface area contributed by atoms with Gasteiger partial charge in [0.05, 0.1) is 6.10 Å². The topological polar surface area (TPSA) is 46.2 Å². The number of aliphatic hydroxyl groups excluding tert-OH is 1. The van der Waals surface area contributed by atoms with Gasteiger partial charge in [-0.3, -0.25) is 0 Å². The number of hydrogen-bond donors (Lipinski definition) is 2. The molecule has 0 radical (unpaired) electrons. The van der Waals surface area contributed by atoms with Gasteiger partial charge in [0.25, 0.3) is 0 Å². The summed E-state index contributed by atoms with van der Waals surface area (Å²) in [6.07, 6.45) is 0.180. The lowest BCUT2D eigenvalue weighted by atomic mass is 9.97. The molecule has 0 aliphatic rings. The molecule has 0 aromatic heterocycles. The van der Waals surface area contributed by atoms with Crippen molar-refractivity contribution in [2.75, 3.05) is 0 Å². The number of hydrogen-bond acceptors (Lipinski definition) is 2. The van der Waals surface area contributed by atoms with E-state index in [1.165, 1.54) is 5.56 Å². The van der Waals surface area contributed by atoms with Crippen LogP contribution < -0.4 is 5.73 Å². The van der Waals surface area contributed by atoms with Gasteiger partial charge >= 0.3 is 0 Å². The molecule has 0 fully saturated rings. The number of rotatable bonds is 3. The minimum atomic E-state index is -0.435. The molecule has 0 aliphatic heterocycles. The van der Waals surface area contributed by atoms with Crippen LogP contribution in [-0.4, -0.2) is 11.1 Å². The molecule has 0 saturated heterocycles. The molecule has 1 aromatic carbocycles. The Bertz CT molecular complexity index is 307. The summed E-state index contributed by atoms with van der Waals surface area (Å²) in [5, 5.41) is 9.92. The maximum absolute atomic E-state index is 9.92. The van der Waals surface area contributed by atoms with Gasteiger partial charge in [-0.05, 0) is 38.3 Å². The van der Waals surface area contributed by atoms with E-state index in [9.17, 15) is 5.11 Å². The van der Waals surface area contributed by atoms with Crippen LogP contribution in [0.4, 0.5) is 0 Å². The van der Waals surface area contributed by atoms with Crippen molar-refractivity contribution < 1.29 is 5.11 Å². The predicted octanol–water partition coefficient (Wildman–Crippen LogP) is 2.07. The largest absolute Gasteiger partial charge is 0.388 e. The van der Waals surface area contributed by atoms with E-state index in [0.29, 0.717) is 6.42 Å². The van der Waals surface area contributed by atoms with Crippen molar-refractivity contribution >= 4 is 0 Å². The molecule has 78 valence electrons. The summed E-state index contributed by atoms with van der Waals surface area (Å²) in [6.45, 7) is 5.95. The maximum Gasteiger partial charge on any atom is 0.0807 e. The molecule has 0 heterocycles. The summed E-state index contributed by atoms with van der Waals surface area (Å²) in [5.74, 6) is 0. The summed E-state index contributed by atoms with van der Waals surface area (Å²) >= 11 is 0. The summed E-state index contributed by atoms with van der Waals surface area (Å²) in [7, 11) is 0. The highest BCUT2D eigenvalue weighted by Gasteiger charge is 2.12. The zero-order chi connectivity index (χ0) is 10.7. The van der Waals surface area contributed by atoms with Gasteiger partial charge in [0.15, 0.2) is 0 Å². The Morgan fingerprint density at radius 1 is 1.36 bits per heavy atom. The highest BCUT2D eigenvalue weighted by molar-refractivity contribution is 5.32. The van der Waals surface area contributed by atoms with Crippen LogP contribution >= 0.6 is 0 Å². The molecule has 1 aromatic rings. The molecule has 0 aliphatic carbocycles. The van der Waals surface area contributed by atoms with Gasteiger partial charge in [0, 0.05) is 6.04 Å². The first-order valence-corrected chi connectivity index (χ1v) is 5.01. The fourth-order valence-corrected chi connectivity index (χ4v) is 1.60. The molecule has 2 unspecified atom stereocenters. The summed E-state index contributed by atoms with van der Waals surface area (Å²) in [6, 6.07) is 6.15. The van der Waals surface area contributed by atoms with Gasteiger partial charge < -0.3 is 10.8 Å². The molecule has 0 amide bonds. The van der Waals surface area contributed by atoms with Gasteiger partial charge in [-0.15, -0.1) is 0 Å². The van der Waals surface area contributed by atoms with Crippen molar-refractivity contribution in [1.82, 2.24) is 0 Å². The van der Waals surface area contributed by atoms with Crippen LogP contribution in [0.5, 0.6) is 0 Å². The van der Waals surface area contributed by atoms with Crippen molar-refractivity contribution in [2.24, 2.45) is 5.73 Å². The standard InChI is InChI=1S/C12H19NO/c1-8-4-5-9(2)11(6-8)12(14)7-10(3)13/h4-6,10,12,14H,7,13H2,1-3H3. The van der Waals surface area contributed by atoms with E-state index in [4.69, 9.17) is 5.73 Å². The van der Waals surface area contributed by atoms with Gasteiger partial charge in [0.1, 0.15) is 0 Å². The minimum Gasteiger partial charge on any atom is -0.388 e. The van der Waals surface area contributed by atoms with E-state index in [2.05, 4.69) is 6.07 Å². The Morgan fingerprint density at radius 2 is 2.00 bits per heavy atom. The van der Waals surface area contributed by atoms with Crippen LogP contribution in [0.2, 0.25) is 0 Å². The second kappa shape index (κ2) is 4.58. The van der Waals surface area contributed by atoms with Crippen LogP contribution in [0.25, 0.3) is 0 Å². The molecule has 14 heavy (non-hydrogen) atoms. The third-order valence-corrected chi connectivity index (χ3v) is 2.39. The van der Waals surface area contributed by atoms with Crippen LogP contribution in [0.3, 0.4) is 0 Å². The molecule has 0 spiro atoms. The second-order valence-electron chi connectivity index (χ2n) is 4.09. The van der Waals surface area contributed by atoms with Gasteiger partial charge in [-0.2, -0.15) is 0 Å². The molecule has 2 nitrogen and oxygen atoms in total. The van der Waals surface area contributed by atoms with E-state index >= 15 is 0 Å². The Balaban J connectivity index is 2.88. The molecule has 0 bridgehead atoms. The average Bonchev–Trinajstić information content (AvgIpc) is 2.08. The van der Waals surface area contributed by atoms with Crippen molar-refractivity contribution in [3.63, 3.8) is 0 Å². The van der Waals surface area contributed by atoms with E-state index in [1.807, 2.05) is 32.9 Å². The summed E-state index contributed by atoms with van der Waals surface area (Å²) < 4.78 is 0. The van der Waals surface area contributed by atoms with Crippen LogP contribution in [-0.2, 0) is 0 Å². The van der Waals surface area contributed by atoms with E-state index in [1.54, 1.807) is 0 Å². The normalized spacial score (nSPS) is 15.2. The van der Waals surface area contributed by atoms with E-state index in [-0.39, 0.29) is 6.04 Å². The number of aliphatic hydroxyl groups is 1. The fourth-order valence-electron chi connectivity index (χ4n) is 1.60. The molecule has 3 N–H and O–H groups in total. The highest BCUT2D eigenvalue weighted by atomic mass is 16.3. The fraction of sp³-hybridized carbons (Fsp3) is 0.500. The number of benzene rings is 1.